The fourth-order valence-electron chi connectivity index (χ4n) is 2.29. The molecule has 0 saturated carbocycles. The number of hydrogen-bond donors (Lipinski definition) is 2. The summed E-state index contributed by atoms with van der Waals surface area (Å²) in [7, 11) is 0. The first-order valence-corrected chi connectivity index (χ1v) is 7.48. The van der Waals surface area contributed by atoms with E-state index in [9.17, 15) is 0 Å². The van der Waals surface area contributed by atoms with Gasteiger partial charge < -0.3 is 15.5 Å². The SMILES string of the molecule is Cc1cc(Br)ccc1NCCCN1CCNCC1. The Labute approximate surface area is 118 Å². The second-order valence-corrected chi connectivity index (χ2v) is 5.75. The lowest BCUT2D eigenvalue weighted by Gasteiger charge is -2.27. The van der Waals surface area contributed by atoms with Crippen LogP contribution in [-0.4, -0.2) is 44.2 Å². The van der Waals surface area contributed by atoms with Crippen molar-refractivity contribution in [3.05, 3.63) is 28.2 Å². The van der Waals surface area contributed by atoms with E-state index in [-0.39, 0.29) is 0 Å². The van der Waals surface area contributed by atoms with Crippen molar-refractivity contribution in [3.8, 4) is 0 Å². The smallest absolute Gasteiger partial charge is 0.0370 e. The number of piperazine rings is 1. The van der Waals surface area contributed by atoms with E-state index in [0.29, 0.717) is 0 Å². The highest BCUT2D eigenvalue weighted by Gasteiger charge is 2.08. The molecule has 1 fully saturated rings. The number of nitrogens with one attached hydrogen (secondary N) is 2. The Kier molecular flexibility index (Phi) is 5.47. The summed E-state index contributed by atoms with van der Waals surface area (Å²) in [5.41, 5.74) is 2.55. The zero-order valence-electron chi connectivity index (χ0n) is 11.0. The fraction of sp³-hybridized carbons (Fsp3) is 0.571. The van der Waals surface area contributed by atoms with Crippen molar-refractivity contribution < 1.29 is 0 Å². The number of halogens is 1. The number of benzene rings is 1. The van der Waals surface area contributed by atoms with Crippen LogP contribution in [0.5, 0.6) is 0 Å². The molecule has 3 nitrogen and oxygen atoms in total. The van der Waals surface area contributed by atoms with Crippen LogP contribution in [0.1, 0.15) is 12.0 Å². The first-order chi connectivity index (χ1) is 8.75. The third kappa shape index (κ3) is 4.26. The molecule has 2 N–H and O–H groups in total. The molecule has 1 aromatic rings. The maximum absolute atomic E-state index is 3.52. The van der Waals surface area contributed by atoms with Crippen LogP contribution in [0.2, 0.25) is 0 Å². The Hall–Kier alpha value is -0.580. The molecular formula is C14H22BrN3. The normalized spacial score (nSPS) is 16.8. The van der Waals surface area contributed by atoms with E-state index in [1.807, 2.05) is 0 Å². The fourth-order valence-corrected chi connectivity index (χ4v) is 2.76. The minimum absolute atomic E-state index is 1.05. The topological polar surface area (TPSA) is 27.3 Å². The van der Waals surface area contributed by atoms with Crippen LogP contribution in [0.4, 0.5) is 5.69 Å². The molecule has 1 saturated heterocycles. The van der Waals surface area contributed by atoms with Gasteiger partial charge in [-0.3, -0.25) is 0 Å². The highest BCUT2D eigenvalue weighted by atomic mass is 79.9. The van der Waals surface area contributed by atoms with Gasteiger partial charge in [-0.05, 0) is 43.7 Å². The zero-order valence-corrected chi connectivity index (χ0v) is 12.6. The lowest BCUT2D eigenvalue weighted by atomic mass is 10.2. The van der Waals surface area contributed by atoms with Gasteiger partial charge in [0.2, 0.25) is 0 Å². The van der Waals surface area contributed by atoms with Crippen molar-refractivity contribution in [2.24, 2.45) is 0 Å². The van der Waals surface area contributed by atoms with Crippen molar-refractivity contribution in [2.75, 3.05) is 44.6 Å². The van der Waals surface area contributed by atoms with E-state index in [0.717, 1.165) is 24.1 Å². The molecule has 0 spiro atoms. The highest BCUT2D eigenvalue weighted by molar-refractivity contribution is 9.10. The molecule has 0 atom stereocenters. The summed E-state index contributed by atoms with van der Waals surface area (Å²) in [5.74, 6) is 0. The minimum atomic E-state index is 1.05. The monoisotopic (exact) mass is 311 g/mol. The molecule has 0 radical (unpaired) electrons. The summed E-state index contributed by atoms with van der Waals surface area (Å²) in [6.07, 6.45) is 1.20. The van der Waals surface area contributed by atoms with E-state index in [4.69, 9.17) is 0 Å². The second kappa shape index (κ2) is 7.12. The molecule has 1 aliphatic heterocycles. The van der Waals surface area contributed by atoms with Gasteiger partial charge in [0.05, 0.1) is 0 Å². The molecule has 0 unspecified atom stereocenters. The lowest BCUT2D eigenvalue weighted by molar-refractivity contribution is 0.240. The Morgan fingerprint density at radius 3 is 2.83 bits per heavy atom. The average Bonchev–Trinajstić information content (AvgIpc) is 2.38. The third-order valence-corrected chi connectivity index (χ3v) is 3.86. The Morgan fingerprint density at radius 1 is 1.33 bits per heavy atom. The van der Waals surface area contributed by atoms with Gasteiger partial charge in [-0.15, -0.1) is 0 Å². The molecule has 100 valence electrons. The maximum Gasteiger partial charge on any atom is 0.0370 e. The summed E-state index contributed by atoms with van der Waals surface area (Å²) in [5, 5.41) is 6.90. The molecule has 0 amide bonds. The van der Waals surface area contributed by atoms with E-state index in [1.54, 1.807) is 0 Å². The van der Waals surface area contributed by atoms with Crippen molar-refractivity contribution in [2.45, 2.75) is 13.3 Å². The van der Waals surface area contributed by atoms with E-state index in [1.165, 1.54) is 37.3 Å². The summed E-state index contributed by atoms with van der Waals surface area (Å²) < 4.78 is 1.14. The standard InChI is InChI=1S/C14H22BrN3/c1-12-11-13(15)3-4-14(12)17-5-2-8-18-9-6-16-7-10-18/h3-4,11,16-17H,2,5-10H2,1H3. The second-order valence-electron chi connectivity index (χ2n) is 4.83. The molecule has 0 aromatic heterocycles. The predicted octanol–water partition coefficient (Wildman–Crippen LogP) is 2.46. The Morgan fingerprint density at radius 2 is 2.11 bits per heavy atom. The molecule has 1 heterocycles. The molecule has 0 bridgehead atoms. The van der Waals surface area contributed by atoms with Crippen LogP contribution in [0.15, 0.2) is 22.7 Å². The van der Waals surface area contributed by atoms with E-state index < -0.39 is 0 Å². The lowest BCUT2D eigenvalue weighted by Crippen LogP contribution is -2.44. The highest BCUT2D eigenvalue weighted by Crippen LogP contribution is 2.19. The van der Waals surface area contributed by atoms with Gasteiger partial charge in [0.15, 0.2) is 0 Å². The third-order valence-electron chi connectivity index (χ3n) is 3.36. The molecular weight excluding hydrogens is 290 g/mol. The Bertz CT molecular complexity index is 375. The van der Waals surface area contributed by atoms with Crippen LogP contribution in [0.3, 0.4) is 0 Å². The zero-order chi connectivity index (χ0) is 12.8. The molecule has 1 aliphatic rings. The van der Waals surface area contributed by atoms with Crippen molar-refractivity contribution in [3.63, 3.8) is 0 Å². The number of anilines is 1. The quantitative estimate of drug-likeness (QED) is 0.818. The predicted molar refractivity (Wildman–Crippen MR) is 81.3 cm³/mol. The number of nitrogens with zero attached hydrogens (tertiary/aromatic N) is 1. The molecule has 2 rings (SSSR count). The van der Waals surface area contributed by atoms with Crippen molar-refractivity contribution in [1.82, 2.24) is 10.2 Å². The summed E-state index contributed by atoms with van der Waals surface area (Å²) in [4.78, 5) is 2.53. The number of aryl methyl sites for hydroxylation is 1. The first kappa shape index (κ1) is 13.8. The van der Waals surface area contributed by atoms with E-state index >= 15 is 0 Å². The van der Waals surface area contributed by atoms with Crippen LogP contribution in [0, 0.1) is 6.92 Å². The van der Waals surface area contributed by atoms with Gasteiger partial charge in [-0.2, -0.15) is 0 Å². The molecule has 1 aromatic carbocycles. The van der Waals surface area contributed by atoms with Gasteiger partial charge >= 0.3 is 0 Å². The summed E-state index contributed by atoms with van der Waals surface area (Å²) in [6.45, 7) is 9.05. The average molecular weight is 312 g/mol. The van der Waals surface area contributed by atoms with Crippen LogP contribution in [0.25, 0.3) is 0 Å². The summed E-state index contributed by atoms with van der Waals surface area (Å²) in [6, 6.07) is 6.38. The minimum Gasteiger partial charge on any atom is -0.385 e. The maximum atomic E-state index is 3.52. The first-order valence-electron chi connectivity index (χ1n) is 6.69. The molecule has 18 heavy (non-hydrogen) atoms. The largest absolute Gasteiger partial charge is 0.385 e. The number of rotatable bonds is 5. The van der Waals surface area contributed by atoms with Crippen LogP contribution < -0.4 is 10.6 Å². The van der Waals surface area contributed by atoms with Crippen LogP contribution >= 0.6 is 15.9 Å². The molecule has 0 aliphatic carbocycles. The van der Waals surface area contributed by atoms with Crippen molar-refractivity contribution in [1.29, 1.82) is 0 Å². The summed E-state index contributed by atoms with van der Waals surface area (Å²) >= 11 is 3.49. The van der Waals surface area contributed by atoms with Gasteiger partial charge in [0.25, 0.3) is 0 Å². The number of hydrogen-bond acceptors (Lipinski definition) is 3. The van der Waals surface area contributed by atoms with Crippen LogP contribution in [-0.2, 0) is 0 Å². The van der Waals surface area contributed by atoms with E-state index in [2.05, 4.69) is 56.6 Å². The van der Waals surface area contributed by atoms with Gasteiger partial charge in [-0.25, -0.2) is 0 Å². The van der Waals surface area contributed by atoms with Gasteiger partial charge in [-0.1, -0.05) is 15.9 Å². The molecule has 4 heteroatoms. The van der Waals surface area contributed by atoms with Crippen molar-refractivity contribution >= 4 is 21.6 Å². The van der Waals surface area contributed by atoms with Gasteiger partial charge in [0, 0.05) is 42.9 Å². The van der Waals surface area contributed by atoms with Gasteiger partial charge in [0.1, 0.15) is 0 Å². The Balaban J connectivity index is 1.68.